The van der Waals surface area contributed by atoms with Crippen molar-refractivity contribution in [1.82, 2.24) is 24.9 Å². The van der Waals surface area contributed by atoms with E-state index in [1.807, 2.05) is 0 Å². The van der Waals surface area contributed by atoms with E-state index in [9.17, 15) is 14.9 Å². The van der Waals surface area contributed by atoms with Gasteiger partial charge in [0.2, 0.25) is 5.91 Å². The Morgan fingerprint density at radius 2 is 2.22 bits per heavy atom. The van der Waals surface area contributed by atoms with E-state index < -0.39 is 11.0 Å². The first-order chi connectivity index (χ1) is 10.8. The Hall–Kier alpha value is -2.23. The molecule has 1 N–H and O–H groups in total. The first kappa shape index (κ1) is 17.1. The Labute approximate surface area is 140 Å². The number of hydrogen-bond donors (Lipinski definition) is 1. The number of carbonyl (C=O) groups excluding carboxylic acids is 1. The van der Waals surface area contributed by atoms with Gasteiger partial charge in [-0.25, -0.2) is 0 Å². The van der Waals surface area contributed by atoms with Crippen molar-refractivity contribution >= 4 is 27.5 Å². The number of aromatic nitrogens is 4. The summed E-state index contributed by atoms with van der Waals surface area (Å²) in [6.07, 6.45) is 3.33. The summed E-state index contributed by atoms with van der Waals surface area (Å²) in [5, 5.41) is 21.9. The summed E-state index contributed by atoms with van der Waals surface area (Å²) in [5.74, 6) is -0.184. The zero-order chi connectivity index (χ0) is 17.1. The predicted octanol–water partition coefficient (Wildman–Crippen LogP) is 1.74. The summed E-state index contributed by atoms with van der Waals surface area (Å²) in [5.41, 5.74) is 0.866. The highest BCUT2D eigenvalue weighted by atomic mass is 79.9. The Balaban J connectivity index is 1.93. The van der Waals surface area contributed by atoms with E-state index in [1.165, 1.54) is 4.68 Å². The van der Waals surface area contributed by atoms with Crippen LogP contribution in [0, 0.1) is 24.0 Å². The van der Waals surface area contributed by atoms with Crippen molar-refractivity contribution < 1.29 is 9.72 Å². The molecule has 0 saturated heterocycles. The monoisotopic (exact) mass is 384 g/mol. The zero-order valence-electron chi connectivity index (χ0n) is 13.0. The molecule has 23 heavy (non-hydrogen) atoms. The maximum atomic E-state index is 12.1. The number of hydrogen-bond acceptors (Lipinski definition) is 5. The largest absolute Gasteiger partial charge is 0.352 e. The minimum Gasteiger partial charge on any atom is -0.352 e. The Morgan fingerprint density at radius 1 is 1.52 bits per heavy atom. The fraction of sp³-hybridized carbons (Fsp3) is 0.462. The van der Waals surface area contributed by atoms with Crippen molar-refractivity contribution in [3.63, 3.8) is 0 Å². The predicted molar refractivity (Wildman–Crippen MR) is 86.0 cm³/mol. The molecule has 2 aromatic heterocycles. The number of rotatable bonds is 6. The van der Waals surface area contributed by atoms with Crippen LogP contribution in [0.1, 0.15) is 24.4 Å². The highest BCUT2D eigenvalue weighted by Crippen LogP contribution is 2.21. The third-order valence-electron chi connectivity index (χ3n) is 3.49. The maximum Gasteiger partial charge on any atom is 0.312 e. The van der Waals surface area contributed by atoms with Gasteiger partial charge in [-0.15, -0.1) is 0 Å². The molecule has 2 aromatic rings. The minimum atomic E-state index is -0.448. The van der Waals surface area contributed by atoms with Crippen LogP contribution in [-0.2, 0) is 11.3 Å². The van der Waals surface area contributed by atoms with Gasteiger partial charge < -0.3 is 5.32 Å². The number of nitrogens with zero attached hydrogens (tertiary/aromatic N) is 5. The van der Waals surface area contributed by atoms with Crippen molar-refractivity contribution in [1.29, 1.82) is 0 Å². The van der Waals surface area contributed by atoms with E-state index in [-0.39, 0.29) is 11.6 Å². The third-order valence-corrected chi connectivity index (χ3v) is 3.90. The average Bonchev–Trinajstić information content (AvgIpc) is 3.02. The molecule has 0 bridgehead atoms. The second kappa shape index (κ2) is 6.90. The summed E-state index contributed by atoms with van der Waals surface area (Å²) < 4.78 is 3.88. The van der Waals surface area contributed by atoms with Gasteiger partial charge in [0.1, 0.15) is 17.4 Å². The van der Waals surface area contributed by atoms with Gasteiger partial charge in [0.25, 0.3) is 0 Å². The maximum absolute atomic E-state index is 12.1. The molecule has 0 fully saturated rings. The van der Waals surface area contributed by atoms with E-state index in [0.717, 1.165) is 4.47 Å². The van der Waals surface area contributed by atoms with Crippen molar-refractivity contribution in [2.45, 2.75) is 33.4 Å². The number of halogens is 1. The molecule has 10 heteroatoms. The molecule has 1 unspecified atom stereocenters. The van der Waals surface area contributed by atoms with Crippen LogP contribution in [0.5, 0.6) is 0 Å². The quantitative estimate of drug-likeness (QED) is 0.602. The summed E-state index contributed by atoms with van der Waals surface area (Å²) in [7, 11) is 0. The van der Waals surface area contributed by atoms with E-state index >= 15 is 0 Å². The van der Waals surface area contributed by atoms with E-state index in [4.69, 9.17) is 0 Å². The summed E-state index contributed by atoms with van der Waals surface area (Å²) in [6, 6.07) is -0.448. The number of nitrogens with one attached hydrogen (secondary N) is 1. The van der Waals surface area contributed by atoms with Crippen molar-refractivity contribution in [3.8, 4) is 0 Å². The van der Waals surface area contributed by atoms with Gasteiger partial charge in [0.15, 0.2) is 0 Å². The number of nitro groups is 1. The lowest BCUT2D eigenvalue weighted by atomic mass is 10.3. The third kappa shape index (κ3) is 3.76. The summed E-state index contributed by atoms with van der Waals surface area (Å²) in [6.45, 7) is 5.66. The normalized spacial score (nSPS) is 12.2. The highest BCUT2D eigenvalue weighted by molar-refractivity contribution is 9.10. The fourth-order valence-electron chi connectivity index (χ4n) is 2.25. The molecule has 2 heterocycles. The molecule has 0 aliphatic rings. The molecule has 0 aliphatic carbocycles. The lowest BCUT2D eigenvalue weighted by molar-refractivity contribution is -0.386. The molecule has 0 aromatic carbocycles. The van der Waals surface area contributed by atoms with Crippen LogP contribution in [0.2, 0.25) is 0 Å². The molecule has 0 radical (unpaired) electrons. The smallest absolute Gasteiger partial charge is 0.312 e. The van der Waals surface area contributed by atoms with Crippen LogP contribution in [0.25, 0.3) is 0 Å². The van der Waals surface area contributed by atoms with Gasteiger partial charge in [-0.05, 0) is 36.7 Å². The molecule has 9 nitrogen and oxygen atoms in total. The van der Waals surface area contributed by atoms with Gasteiger partial charge in [-0.1, -0.05) is 0 Å². The van der Waals surface area contributed by atoms with Crippen molar-refractivity contribution in [2.75, 3.05) is 6.54 Å². The highest BCUT2D eigenvalue weighted by Gasteiger charge is 2.21. The fourth-order valence-corrected chi connectivity index (χ4v) is 2.55. The number of amides is 1. The van der Waals surface area contributed by atoms with Crippen molar-refractivity contribution in [2.24, 2.45) is 0 Å². The van der Waals surface area contributed by atoms with Gasteiger partial charge in [0.05, 0.1) is 22.1 Å². The Bertz CT molecular complexity index is 738. The van der Waals surface area contributed by atoms with Gasteiger partial charge >= 0.3 is 5.69 Å². The average molecular weight is 385 g/mol. The van der Waals surface area contributed by atoms with Gasteiger partial charge in [-0.2, -0.15) is 10.2 Å². The van der Waals surface area contributed by atoms with Crippen LogP contribution < -0.4 is 5.32 Å². The number of aryl methyl sites for hydroxylation is 1. The van der Waals surface area contributed by atoms with Crippen LogP contribution >= 0.6 is 15.9 Å². The molecular formula is C13H17BrN6O3. The molecule has 2 rings (SSSR count). The molecular weight excluding hydrogens is 368 g/mol. The van der Waals surface area contributed by atoms with E-state index in [2.05, 4.69) is 31.4 Å². The first-order valence-corrected chi connectivity index (χ1v) is 7.76. The van der Waals surface area contributed by atoms with Gasteiger partial charge in [-0.3, -0.25) is 24.3 Å². The summed E-state index contributed by atoms with van der Waals surface area (Å²) >= 11 is 3.28. The minimum absolute atomic E-state index is 0.0195. The van der Waals surface area contributed by atoms with Crippen LogP contribution in [0.4, 0.5) is 5.69 Å². The van der Waals surface area contributed by atoms with E-state index in [1.54, 1.807) is 37.8 Å². The SMILES string of the molecule is Cc1nn(CCNC(=O)C(C)n2cc(Br)cn2)c(C)c1[N+](=O)[O-]. The number of carbonyl (C=O) groups is 1. The standard InChI is InChI=1S/C13H17BrN6O3/c1-8-12(20(22)23)9(2)18(17-8)5-4-15-13(21)10(3)19-7-11(14)6-16-19/h6-7,10H,4-5H2,1-3H3,(H,15,21). The molecule has 0 saturated carbocycles. The second-order valence-corrected chi connectivity index (χ2v) is 6.02. The van der Waals surface area contributed by atoms with Crippen LogP contribution in [0.3, 0.4) is 0 Å². The second-order valence-electron chi connectivity index (χ2n) is 5.11. The molecule has 1 atom stereocenters. The molecule has 0 spiro atoms. The van der Waals surface area contributed by atoms with E-state index in [0.29, 0.717) is 24.5 Å². The van der Waals surface area contributed by atoms with Crippen molar-refractivity contribution in [3.05, 3.63) is 38.4 Å². The van der Waals surface area contributed by atoms with Crippen LogP contribution in [0.15, 0.2) is 16.9 Å². The van der Waals surface area contributed by atoms with Gasteiger partial charge in [0, 0.05) is 12.7 Å². The summed E-state index contributed by atoms with van der Waals surface area (Å²) in [4.78, 5) is 22.6. The lowest BCUT2D eigenvalue weighted by Crippen LogP contribution is -2.33. The Morgan fingerprint density at radius 3 is 2.74 bits per heavy atom. The topological polar surface area (TPSA) is 108 Å². The first-order valence-electron chi connectivity index (χ1n) is 6.97. The molecule has 124 valence electrons. The molecule has 1 amide bonds. The Kier molecular flexibility index (Phi) is 5.14. The molecule has 0 aliphatic heterocycles. The zero-order valence-corrected chi connectivity index (χ0v) is 14.6. The lowest BCUT2D eigenvalue weighted by Gasteiger charge is -2.12. The van der Waals surface area contributed by atoms with Crippen LogP contribution in [-0.4, -0.2) is 36.9 Å².